The molecule has 9 nitrogen and oxygen atoms in total. The Morgan fingerprint density at radius 3 is 2.54 bits per heavy atom. The molecule has 214 valence electrons. The Morgan fingerprint density at radius 2 is 1.90 bits per heavy atom. The van der Waals surface area contributed by atoms with E-state index in [-0.39, 0.29) is 42.6 Å². The highest BCUT2D eigenvalue weighted by Crippen LogP contribution is 2.27. The summed E-state index contributed by atoms with van der Waals surface area (Å²) in [6.07, 6.45) is 2.12. The lowest BCUT2D eigenvalue weighted by molar-refractivity contribution is -0.129. The van der Waals surface area contributed by atoms with Gasteiger partial charge in [-0.3, -0.25) is 14.4 Å². The Kier molecular flexibility index (Phi) is 11.4. The van der Waals surface area contributed by atoms with Crippen molar-refractivity contribution in [2.45, 2.75) is 64.5 Å². The summed E-state index contributed by atoms with van der Waals surface area (Å²) < 4.78 is 6.59. The van der Waals surface area contributed by atoms with Gasteiger partial charge in [0.05, 0.1) is 15.2 Å². The summed E-state index contributed by atoms with van der Waals surface area (Å²) in [5.41, 5.74) is 2.59. The van der Waals surface area contributed by atoms with E-state index in [1.54, 1.807) is 18.3 Å². The van der Waals surface area contributed by atoms with Crippen LogP contribution in [0.2, 0.25) is 0 Å². The normalized spacial score (nSPS) is 15.8. The van der Waals surface area contributed by atoms with Gasteiger partial charge in [-0.2, -0.15) is 0 Å². The molecule has 0 unspecified atom stereocenters. The number of hydrogen-bond donors (Lipinski definition) is 3. The second-order valence-corrected chi connectivity index (χ2v) is 11.9. The molecule has 0 radical (unpaired) electrons. The minimum absolute atomic E-state index is 0.143. The van der Waals surface area contributed by atoms with Gasteiger partial charge >= 0.3 is 0 Å². The maximum atomic E-state index is 13.6. The zero-order valence-corrected chi connectivity index (χ0v) is 24.7. The molecule has 1 aromatic heterocycles. The first-order valence-corrected chi connectivity index (χ1v) is 14.6. The van der Waals surface area contributed by atoms with Crippen LogP contribution in [0.3, 0.4) is 0 Å². The van der Waals surface area contributed by atoms with Crippen molar-refractivity contribution in [1.82, 2.24) is 25.8 Å². The molecule has 0 aliphatic carbocycles. The van der Waals surface area contributed by atoms with Gasteiger partial charge in [-0.05, 0) is 56.5 Å². The average molecular weight is 558 g/mol. The zero-order valence-electron chi connectivity index (χ0n) is 23.8. The SMILES string of the molecule is C=C(CN(C)C)C(=O)NC[C@@H](NC(=O)[C@H](Cc1nc2ccc(C(C)C)cc2s1)NC(=O)CC)C1CCOCC1. The Bertz CT molecular complexity index is 1160. The van der Waals surface area contributed by atoms with Crippen LogP contribution in [-0.4, -0.2) is 80.1 Å². The predicted molar refractivity (Wildman–Crippen MR) is 156 cm³/mol. The number of ether oxygens (including phenoxy) is 1. The van der Waals surface area contributed by atoms with E-state index >= 15 is 0 Å². The summed E-state index contributed by atoms with van der Waals surface area (Å²) in [5, 5.41) is 9.76. The third kappa shape index (κ3) is 9.12. The molecule has 39 heavy (non-hydrogen) atoms. The van der Waals surface area contributed by atoms with E-state index in [1.807, 2.05) is 25.1 Å². The van der Waals surface area contributed by atoms with Crippen LogP contribution in [0.4, 0.5) is 0 Å². The second-order valence-electron chi connectivity index (χ2n) is 10.8. The topological polar surface area (TPSA) is 113 Å². The molecular formula is C29H43N5O4S. The standard InChI is InChI=1S/C29H43N5O4S/c1-7-26(35)31-23(15-27-32-22-9-8-21(18(2)3)14-25(22)39-27)29(37)33-24(20-10-12-38-13-11-20)16-30-28(36)19(4)17-34(5)6/h8-9,14,18,20,23-24H,4,7,10-13,15-17H2,1-3,5-6H3,(H,30,36)(H,31,35)(H,33,37)/t23-,24+/m0/s1. The summed E-state index contributed by atoms with van der Waals surface area (Å²) in [7, 11) is 3.76. The Hall–Kier alpha value is -2.82. The molecule has 3 rings (SSSR count). The fourth-order valence-electron chi connectivity index (χ4n) is 4.63. The van der Waals surface area contributed by atoms with E-state index in [0.717, 1.165) is 28.1 Å². The quantitative estimate of drug-likeness (QED) is 0.327. The number of amides is 3. The first kappa shape index (κ1) is 30.7. The van der Waals surface area contributed by atoms with E-state index in [9.17, 15) is 14.4 Å². The van der Waals surface area contributed by atoms with E-state index in [2.05, 4.69) is 48.5 Å². The number of benzene rings is 1. The Labute approximate surface area is 235 Å². The summed E-state index contributed by atoms with van der Waals surface area (Å²) in [4.78, 5) is 45.2. The highest BCUT2D eigenvalue weighted by molar-refractivity contribution is 7.18. The monoisotopic (exact) mass is 557 g/mol. The number of rotatable bonds is 13. The highest BCUT2D eigenvalue weighted by Gasteiger charge is 2.30. The molecule has 2 atom stereocenters. The smallest absolute Gasteiger partial charge is 0.247 e. The number of nitrogens with zero attached hydrogens (tertiary/aromatic N) is 2. The molecule has 2 aromatic rings. The number of fused-ring (bicyclic) bond motifs is 1. The fraction of sp³-hybridized carbons (Fsp3) is 0.586. The van der Waals surface area contributed by atoms with Gasteiger partial charge in [0.2, 0.25) is 17.7 Å². The molecule has 0 spiro atoms. The van der Waals surface area contributed by atoms with Crippen LogP contribution < -0.4 is 16.0 Å². The number of hydrogen-bond acceptors (Lipinski definition) is 7. The minimum atomic E-state index is -0.774. The number of carbonyl (C=O) groups excluding carboxylic acids is 3. The summed E-state index contributed by atoms with van der Waals surface area (Å²) in [5.74, 6) is -0.165. The Balaban J connectivity index is 1.76. The van der Waals surface area contributed by atoms with Crippen LogP contribution in [0.25, 0.3) is 10.2 Å². The molecule has 1 aromatic carbocycles. The summed E-state index contributed by atoms with van der Waals surface area (Å²) in [6.45, 7) is 11.9. The number of likely N-dealkylation sites (N-methyl/N-ethyl adjacent to an activating group) is 1. The largest absolute Gasteiger partial charge is 0.381 e. The molecule has 0 bridgehead atoms. The first-order chi connectivity index (χ1) is 18.6. The van der Waals surface area contributed by atoms with Crippen LogP contribution in [0.15, 0.2) is 30.4 Å². The maximum Gasteiger partial charge on any atom is 0.247 e. The van der Waals surface area contributed by atoms with Crippen molar-refractivity contribution >= 4 is 39.3 Å². The van der Waals surface area contributed by atoms with Crippen molar-refractivity contribution in [2.75, 3.05) is 40.4 Å². The molecule has 3 N–H and O–H groups in total. The fourth-order valence-corrected chi connectivity index (χ4v) is 5.69. The van der Waals surface area contributed by atoms with Crippen LogP contribution in [0.1, 0.15) is 56.5 Å². The van der Waals surface area contributed by atoms with Crippen molar-refractivity contribution in [2.24, 2.45) is 5.92 Å². The average Bonchev–Trinajstić information content (AvgIpc) is 3.31. The highest BCUT2D eigenvalue weighted by atomic mass is 32.1. The first-order valence-electron chi connectivity index (χ1n) is 13.7. The van der Waals surface area contributed by atoms with Crippen LogP contribution in [0.5, 0.6) is 0 Å². The third-order valence-corrected chi connectivity index (χ3v) is 7.99. The van der Waals surface area contributed by atoms with E-state index in [0.29, 0.717) is 37.7 Å². The van der Waals surface area contributed by atoms with Gasteiger partial charge in [-0.1, -0.05) is 33.4 Å². The van der Waals surface area contributed by atoms with Gasteiger partial charge in [0.15, 0.2) is 0 Å². The Morgan fingerprint density at radius 1 is 1.18 bits per heavy atom. The number of nitrogens with one attached hydrogen (secondary N) is 3. The van der Waals surface area contributed by atoms with E-state index in [4.69, 9.17) is 9.72 Å². The minimum Gasteiger partial charge on any atom is -0.381 e. The van der Waals surface area contributed by atoms with Crippen molar-refractivity contribution in [3.8, 4) is 0 Å². The molecule has 10 heteroatoms. The second kappa shape index (κ2) is 14.5. The maximum absolute atomic E-state index is 13.6. The van der Waals surface area contributed by atoms with Gasteiger partial charge in [-0.15, -0.1) is 11.3 Å². The van der Waals surface area contributed by atoms with Crippen molar-refractivity contribution in [1.29, 1.82) is 0 Å². The lowest BCUT2D eigenvalue weighted by Gasteiger charge is -2.32. The summed E-state index contributed by atoms with van der Waals surface area (Å²) in [6, 6.07) is 5.17. The van der Waals surface area contributed by atoms with Crippen molar-refractivity contribution in [3.63, 3.8) is 0 Å². The molecule has 1 aliphatic rings. The van der Waals surface area contributed by atoms with Crippen LogP contribution in [0, 0.1) is 5.92 Å². The van der Waals surface area contributed by atoms with Gasteiger partial charge in [0, 0.05) is 50.8 Å². The van der Waals surface area contributed by atoms with E-state index in [1.165, 1.54) is 5.56 Å². The molecule has 1 fully saturated rings. The molecule has 3 amide bonds. The van der Waals surface area contributed by atoms with E-state index < -0.39 is 6.04 Å². The lowest BCUT2D eigenvalue weighted by Crippen LogP contribution is -2.55. The number of thiazole rings is 1. The van der Waals surface area contributed by atoms with Crippen LogP contribution in [-0.2, 0) is 25.5 Å². The summed E-state index contributed by atoms with van der Waals surface area (Å²) >= 11 is 1.55. The predicted octanol–water partition coefficient (Wildman–Crippen LogP) is 3.00. The number of carbonyl (C=O) groups is 3. The molecular weight excluding hydrogens is 514 g/mol. The van der Waals surface area contributed by atoms with Gasteiger partial charge < -0.3 is 25.6 Å². The van der Waals surface area contributed by atoms with Crippen LogP contribution >= 0.6 is 11.3 Å². The van der Waals surface area contributed by atoms with Crippen molar-refractivity contribution in [3.05, 3.63) is 40.9 Å². The zero-order chi connectivity index (χ0) is 28.5. The van der Waals surface area contributed by atoms with Gasteiger partial charge in [0.25, 0.3) is 0 Å². The van der Waals surface area contributed by atoms with Crippen molar-refractivity contribution < 1.29 is 19.1 Å². The molecule has 1 aliphatic heterocycles. The van der Waals surface area contributed by atoms with Gasteiger partial charge in [0.1, 0.15) is 6.04 Å². The molecule has 1 saturated heterocycles. The molecule has 2 heterocycles. The third-order valence-electron chi connectivity index (χ3n) is 6.95. The lowest BCUT2D eigenvalue weighted by atomic mass is 9.91. The van der Waals surface area contributed by atoms with Gasteiger partial charge in [-0.25, -0.2) is 4.98 Å². The molecule has 0 saturated carbocycles. The number of aromatic nitrogens is 1.